The van der Waals surface area contributed by atoms with Crippen LogP contribution in [0.5, 0.6) is 5.75 Å². The van der Waals surface area contributed by atoms with Crippen molar-refractivity contribution >= 4 is 17.7 Å². The standard InChI is InChI=1S/C19H27ClN2O4/c1-19(2,3)26-18(23)21-16-4-6-22(7-5-16)10-13-8-15(20)9-14-11-24-12-25-17(13)14/h8-9,16H,4-7,10-12H2,1-3H3,(H,21,23). The molecule has 1 saturated heterocycles. The highest BCUT2D eigenvalue weighted by atomic mass is 35.5. The topological polar surface area (TPSA) is 60.0 Å². The van der Waals surface area contributed by atoms with Crippen LogP contribution in [0.3, 0.4) is 0 Å². The molecule has 3 rings (SSSR count). The van der Waals surface area contributed by atoms with E-state index in [0.717, 1.165) is 49.4 Å². The van der Waals surface area contributed by atoms with Gasteiger partial charge in [0.05, 0.1) is 6.61 Å². The van der Waals surface area contributed by atoms with Gasteiger partial charge in [-0.2, -0.15) is 0 Å². The van der Waals surface area contributed by atoms with Gasteiger partial charge in [-0.25, -0.2) is 4.79 Å². The molecule has 1 amide bonds. The molecule has 26 heavy (non-hydrogen) atoms. The summed E-state index contributed by atoms with van der Waals surface area (Å²) >= 11 is 6.24. The summed E-state index contributed by atoms with van der Waals surface area (Å²) in [7, 11) is 0. The van der Waals surface area contributed by atoms with Gasteiger partial charge in [0.25, 0.3) is 0 Å². The third-order valence-electron chi connectivity index (χ3n) is 4.45. The number of carbonyl (C=O) groups is 1. The lowest BCUT2D eigenvalue weighted by molar-refractivity contribution is -0.0175. The number of piperidine rings is 1. The number of alkyl carbamates (subject to hydrolysis) is 1. The van der Waals surface area contributed by atoms with E-state index in [4.69, 9.17) is 25.8 Å². The van der Waals surface area contributed by atoms with E-state index in [9.17, 15) is 4.79 Å². The van der Waals surface area contributed by atoms with Crippen LogP contribution in [-0.4, -0.2) is 42.5 Å². The molecule has 2 aliphatic heterocycles. The maximum atomic E-state index is 11.9. The smallest absolute Gasteiger partial charge is 0.407 e. The summed E-state index contributed by atoms with van der Waals surface area (Å²) in [6.07, 6.45) is 1.45. The lowest BCUT2D eigenvalue weighted by atomic mass is 10.0. The van der Waals surface area contributed by atoms with Gasteiger partial charge in [0.1, 0.15) is 11.4 Å². The molecule has 0 aliphatic carbocycles. The van der Waals surface area contributed by atoms with Crippen LogP contribution in [0.4, 0.5) is 4.79 Å². The van der Waals surface area contributed by atoms with Crippen LogP contribution in [-0.2, 0) is 22.6 Å². The second-order valence-electron chi connectivity index (χ2n) is 7.86. The SMILES string of the molecule is CC(C)(C)OC(=O)NC1CCN(Cc2cc(Cl)cc3c2OCOC3)CC1. The van der Waals surface area contributed by atoms with E-state index in [1.807, 2.05) is 32.9 Å². The number of rotatable bonds is 3. The van der Waals surface area contributed by atoms with E-state index in [-0.39, 0.29) is 18.9 Å². The molecule has 1 aromatic rings. The fourth-order valence-corrected chi connectivity index (χ4v) is 3.59. The Morgan fingerprint density at radius 1 is 1.35 bits per heavy atom. The molecule has 1 aromatic carbocycles. The number of hydrogen-bond acceptors (Lipinski definition) is 5. The van der Waals surface area contributed by atoms with Crippen LogP contribution in [0.15, 0.2) is 12.1 Å². The van der Waals surface area contributed by atoms with Gasteiger partial charge >= 0.3 is 6.09 Å². The van der Waals surface area contributed by atoms with Gasteiger partial charge < -0.3 is 19.5 Å². The Bertz CT molecular complexity index is 652. The fourth-order valence-electron chi connectivity index (χ4n) is 3.32. The lowest BCUT2D eigenvalue weighted by Crippen LogP contribution is -2.45. The third-order valence-corrected chi connectivity index (χ3v) is 4.67. The number of hydrogen-bond donors (Lipinski definition) is 1. The largest absolute Gasteiger partial charge is 0.467 e. The molecule has 0 radical (unpaired) electrons. The Balaban J connectivity index is 1.53. The Morgan fingerprint density at radius 2 is 2.08 bits per heavy atom. The number of carbonyl (C=O) groups excluding carboxylic acids is 1. The highest BCUT2D eigenvalue weighted by Crippen LogP contribution is 2.33. The first-order chi connectivity index (χ1) is 12.3. The zero-order valence-corrected chi connectivity index (χ0v) is 16.4. The van der Waals surface area contributed by atoms with Crippen molar-refractivity contribution in [2.75, 3.05) is 19.9 Å². The number of likely N-dealkylation sites (tertiary alicyclic amines) is 1. The molecule has 1 N–H and O–H groups in total. The highest BCUT2D eigenvalue weighted by Gasteiger charge is 2.25. The monoisotopic (exact) mass is 382 g/mol. The van der Waals surface area contributed by atoms with E-state index in [1.165, 1.54) is 0 Å². The van der Waals surface area contributed by atoms with Gasteiger partial charge in [0, 0.05) is 41.8 Å². The Labute approximate surface area is 159 Å². The third kappa shape index (κ3) is 5.25. The lowest BCUT2D eigenvalue weighted by Gasteiger charge is -2.33. The number of halogens is 1. The summed E-state index contributed by atoms with van der Waals surface area (Å²) in [6.45, 7) is 9.00. The predicted octanol–water partition coefficient (Wildman–Crippen LogP) is 3.70. The first-order valence-electron chi connectivity index (χ1n) is 9.04. The van der Waals surface area contributed by atoms with Crippen LogP contribution in [0, 0.1) is 0 Å². The van der Waals surface area contributed by atoms with Crippen molar-refractivity contribution in [3.8, 4) is 5.75 Å². The van der Waals surface area contributed by atoms with Gasteiger partial charge in [-0.3, -0.25) is 4.90 Å². The Hall–Kier alpha value is -1.50. The van der Waals surface area contributed by atoms with Crippen molar-refractivity contribution < 1.29 is 19.0 Å². The van der Waals surface area contributed by atoms with Crippen molar-refractivity contribution in [1.29, 1.82) is 0 Å². The number of amides is 1. The van der Waals surface area contributed by atoms with Crippen LogP contribution in [0.2, 0.25) is 5.02 Å². The molecule has 0 spiro atoms. The van der Waals surface area contributed by atoms with Gasteiger partial charge in [-0.05, 0) is 45.7 Å². The zero-order chi connectivity index (χ0) is 18.7. The first kappa shape index (κ1) is 19.3. The minimum absolute atomic E-state index is 0.152. The second-order valence-corrected chi connectivity index (χ2v) is 8.30. The van der Waals surface area contributed by atoms with Gasteiger partial charge in [-0.1, -0.05) is 11.6 Å². The molecule has 1 fully saturated rings. The van der Waals surface area contributed by atoms with E-state index >= 15 is 0 Å². The van der Waals surface area contributed by atoms with Gasteiger partial charge in [0.15, 0.2) is 6.79 Å². The highest BCUT2D eigenvalue weighted by molar-refractivity contribution is 6.30. The Kier molecular flexibility index (Phi) is 5.95. The normalized spacial score (nSPS) is 18.8. The van der Waals surface area contributed by atoms with E-state index in [1.54, 1.807) is 0 Å². The summed E-state index contributed by atoms with van der Waals surface area (Å²) in [5.41, 5.74) is 1.62. The van der Waals surface area contributed by atoms with E-state index < -0.39 is 5.60 Å². The molecule has 0 unspecified atom stereocenters. The molecule has 0 atom stereocenters. The van der Waals surface area contributed by atoms with Crippen molar-refractivity contribution in [2.24, 2.45) is 0 Å². The van der Waals surface area contributed by atoms with Gasteiger partial charge in [0.2, 0.25) is 0 Å². The average Bonchev–Trinajstić information content (AvgIpc) is 2.55. The average molecular weight is 383 g/mol. The number of nitrogens with zero attached hydrogens (tertiary/aromatic N) is 1. The molecule has 0 saturated carbocycles. The van der Waals surface area contributed by atoms with Crippen molar-refractivity contribution in [1.82, 2.24) is 10.2 Å². The quantitative estimate of drug-likeness (QED) is 0.863. The van der Waals surface area contributed by atoms with Crippen LogP contribution in [0.1, 0.15) is 44.7 Å². The zero-order valence-electron chi connectivity index (χ0n) is 15.6. The molecule has 0 bridgehead atoms. The number of nitrogens with one attached hydrogen (secondary N) is 1. The van der Waals surface area contributed by atoms with E-state index in [2.05, 4.69) is 10.2 Å². The minimum atomic E-state index is -0.472. The molecular formula is C19H27ClN2O4. The summed E-state index contributed by atoms with van der Waals surface area (Å²) < 4.78 is 16.4. The molecular weight excluding hydrogens is 356 g/mol. The summed E-state index contributed by atoms with van der Waals surface area (Å²) in [5, 5.41) is 3.67. The van der Waals surface area contributed by atoms with Crippen LogP contribution < -0.4 is 10.1 Å². The number of fused-ring (bicyclic) bond motifs is 1. The Morgan fingerprint density at radius 3 is 2.77 bits per heavy atom. The second kappa shape index (κ2) is 8.03. The first-order valence-corrected chi connectivity index (χ1v) is 9.42. The minimum Gasteiger partial charge on any atom is -0.467 e. The summed E-state index contributed by atoms with van der Waals surface area (Å²) in [6, 6.07) is 4.02. The molecule has 7 heteroatoms. The molecule has 6 nitrogen and oxygen atoms in total. The maximum Gasteiger partial charge on any atom is 0.407 e. The number of ether oxygens (including phenoxy) is 3. The van der Waals surface area contributed by atoms with Crippen LogP contribution >= 0.6 is 11.6 Å². The molecule has 144 valence electrons. The fraction of sp³-hybridized carbons (Fsp3) is 0.632. The van der Waals surface area contributed by atoms with E-state index in [0.29, 0.717) is 11.6 Å². The molecule has 0 aromatic heterocycles. The van der Waals surface area contributed by atoms with Crippen molar-refractivity contribution in [3.63, 3.8) is 0 Å². The van der Waals surface area contributed by atoms with Crippen molar-refractivity contribution in [3.05, 3.63) is 28.3 Å². The predicted molar refractivity (Wildman–Crippen MR) is 99.4 cm³/mol. The van der Waals surface area contributed by atoms with Crippen LogP contribution in [0.25, 0.3) is 0 Å². The number of benzene rings is 1. The molecule has 2 heterocycles. The maximum absolute atomic E-state index is 11.9. The molecule has 2 aliphatic rings. The summed E-state index contributed by atoms with van der Waals surface area (Å²) in [5.74, 6) is 0.898. The summed E-state index contributed by atoms with van der Waals surface area (Å²) in [4.78, 5) is 14.3. The van der Waals surface area contributed by atoms with Gasteiger partial charge in [-0.15, -0.1) is 0 Å². The van der Waals surface area contributed by atoms with Crippen molar-refractivity contribution in [2.45, 2.75) is 58.4 Å².